The van der Waals surface area contributed by atoms with Crippen molar-refractivity contribution in [3.8, 4) is 0 Å². The van der Waals surface area contributed by atoms with Gasteiger partial charge in [-0.05, 0) is 108 Å². The third kappa shape index (κ3) is 5.54. The number of benzene rings is 1. The molecule has 1 amide bonds. The van der Waals surface area contributed by atoms with Crippen LogP contribution >= 0.6 is 0 Å². The zero-order valence-electron chi connectivity index (χ0n) is 29.9. The van der Waals surface area contributed by atoms with Crippen LogP contribution in [0.4, 0.5) is 13.2 Å². The van der Waals surface area contributed by atoms with E-state index in [0.717, 1.165) is 36.8 Å². The maximum absolute atomic E-state index is 14.7. The van der Waals surface area contributed by atoms with Crippen molar-refractivity contribution in [2.45, 2.75) is 124 Å². The van der Waals surface area contributed by atoms with E-state index in [2.05, 4.69) is 33.2 Å². The van der Waals surface area contributed by atoms with E-state index >= 15 is 0 Å². The van der Waals surface area contributed by atoms with E-state index in [9.17, 15) is 31.2 Å². The summed E-state index contributed by atoms with van der Waals surface area (Å²) in [6.45, 7) is 15.0. The first-order chi connectivity index (χ1) is 22.5. The summed E-state index contributed by atoms with van der Waals surface area (Å²) in [4.78, 5) is 34.0. The molecule has 0 saturated heterocycles. The lowest BCUT2D eigenvalue weighted by molar-refractivity contribution is -0.188. The Bertz CT molecular complexity index is 1650. The van der Waals surface area contributed by atoms with Crippen LogP contribution in [0.1, 0.15) is 112 Å². The molecule has 1 aromatic rings. The van der Waals surface area contributed by atoms with E-state index in [1.807, 2.05) is 61.9 Å². The van der Waals surface area contributed by atoms with Crippen molar-refractivity contribution in [2.24, 2.45) is 50.2 Å². The van der Waals surface area contributed by atoms with Crippen molar-refractivity contribution in [3.05, 3.63) is 47.5 Å². The fourth-order valence-electron chi connectivity index (χ4n) is 11.7. The second kappa shape index (κ2) is 11.6. The van der Waals surface area contributed by atoms with Gasteiger partial charge in [-0.1, -0.05) is 84.4 Å². The minimum Gasteiger partial charge on any atom is -0.295 e. The Morgan fingerprint density at radius 2 is 1.57 bits per heavy atom. The summed E-state index contributed by atoms with van der Waals surface area (Å²) in [5.74, 6) is -0.527. The first-order valence-corrected chi connectivity index (χ1v) is 19.3. The van der Waals surface area contributed by atoms with Gasteiger partial charge < -0.3 is 0 Å². The highest BCUT2D eigenvalue weighted by Crippen LogP contribution is 2.75. The smallest absolute Gasteiger partial charge is 0.295 e. The molecule has 0 spiro atoms. The summed E-state index contributed by atoms with van der Waals surface area (Å²) < 4.78 is 66.6. The van der Waals surface area contributed by atoms with Gasteiger partial charge >= 0.3 is 15.5 Å². The molecule has 4 saturated carbocycles. The lowest BCUT2D eigenvalue weighted by atomic mass is 9.33. The van der Waals surface area contributed by atoms with Crippen LogP contribution in [0.2, 0.25) is 0 Å². The number of fused-ring (bicyclic) bond motifs is 7. The van der Waals surface area contributed by atoms with Gasteiger partial charge in [0.05, 0.1) is 6.61 Å². The standard InChI is InChI=1S/C38H53F3N2O5S/c1-32(2)28-13-16-37(7)30(35(28,5)15-14-29(32)43-49(46,47)38(39,40)41)27(44)21-25-26-22-34(4,18-17-33(26,3)19-20-36(25,37)6)31(45)42-48-23-24-11-9-8-10-12-24/h8-12,21,26,28-30,43H,13-20,22-23H2,1-7H3,(H,42,45)/t26?,28?,29-,30?,33-,34+,35+,36-,37-/m1/s1. The minimum atomic E-state index is -5.51. The fraction of sp³-hybridized carbons (Fsp3) is 0.737. The Kier molecular flexibility index (Phi) is 8.68. The molecule has 0 aromatic heterocycles. The predicted molar refractivity (Wildman–Crippen MR) is 181 cm³/mol. The topological polar surface area (TPSA) is 102 Å². The number of alkyl halides is 3. The second-order valence-electron chi connectivity index (χ2n) is 17.9. The van der Waals surface area contributed by atoms with Gasteiger partial charge in [-0.3, -0.25) is 14.4 Å². The van der Waals surface area contributed by atoms with Crippen LogP contribution in [0, 0.1) is 50.2 Å². The normalized spacial score (nSPS) is 41.8. The number of allylic oxidation sites excluding steroid dienone is 2. The Balaban J connectivity index is 1.28. The number of sulfonamides is 1. The monoisotopic (exact) mass is 706 g/mol. The number of rotatable bonds is 6. The van der Waals surface area contributed by atoms with Crippen molar-refractivity contribution < 1.29 is 36.0 Å². The van der Waals surface area contributed by atoms with Crippen LogP contribution in [0.5, 0.6) is 0 Å². The van der Waals surface area contributed by atoms with Gasteiger partial charge in [0, 0.05) is 17.4 Å². The number of hydrogen-bond acceptors (Lipinski definition) is 5. The summed E-state index contributed by atoms with van der Waals surface area (Å²) in [6.07, 6.45) is 8.12. The van der Waals surface area contributed by atoms with E-state index in [1.165, 1.54) is 0 Å². The van der Waals surface area contributed by atoms with E-state index in [0.29, 0.717) is 25.7 Å². The molecule has 4 fully saturated rings. The maximum Gasteiger partial charge on any atom is 0.511 e. The number of amides is 1. The SMILES string of the molecule is CC1(C)C2CC[C@]3(C)C(C(=O)C=C4C5C[C@@](C)(C(=O)NOCc6ccccc6)CC[C@]5(C)CC[C@]43C)[C@@]2(C)CC[C@H]1NS(=O)(=O)C(F)(F)F. The molecule has 11 heteroatoms. The molecule has 1 aromatic carbocycles. The van der Waals surface area contributed by atoms with Crippen LogP contribution < -0.4 is 10.2 Å². The molecule has 0 bridgehead atoms. The molecule has 6 rings (SSSR count). The Labute approximate surface area is 289 Å². The maximum atomic E-state index is 14.7. The number of hydroxylamine groups is 1. The molecule has 5 aliphatic carbocycles. The largest absolute Gasteiger partial charge is 0.511 e. The van der Waals surface area contributed by atoms with E-state index in [1.54, 1.807) is 0 Å². The number of nitrogens with one attached hydrogen (secondary N) is 2. The Morgan fingerprint density at radius 1 is 0.918 bits per heavy atom. The number of halogens is 3. The molecule has 0 heterocycles. The number of hydrogen-bond donors (Lipinski definition) is 2. The van der Waals surface area contributed by atoms with Crippen molar-refractivity contribution in [1.82, 2.24) is 10.2 Å². The van der Waals surface area contributed by atoms with Gasteiger partial charge in [0.2, 0.25) is 5.91 Å². The highest BCUT2D eigenvalue weighted by atomic mass is 32.2. The molecule has 0 radical (unpaired) electrons. The summed E-state index contributed by atoms with van der Waals surface area (Å²) in [5, 5.41) is 0. The molecule has 3 unspecified atom stereocenters. The Morgan fingerprint density at radius 3 is 2.22 bits per heavy atom. The summed E-state index contributed by atoms with van der Waals surface area (Å²) in [7, 11) is -5.51. The third-order valence-corrected chi connectivity index (χ3v) is 16.2. The van der Waals surface area contributed by atoms with Gasteiger partial charge in [-0.2, -0.15) is 13.2 Å². The van der Waals surface area contributed by atoms with Gasteiger partial charge in [0.25, 0.3) is 0 Å². The number of ketones is 1. The van der Waals surface area contributed by atoms with Crippen LogP contribution in [0.3, 0.4) is 0 Å². The summed E-state index contributed by atoms with van der Waals surface area (Å²) in [5.41, 5.74) is -3.27. The van der Waals surface area contributed by atoms with E-state index in [-0.39, 0.29) is 53.3 Å². The number of carbonyl (C=O) groups is 2. The van der Waals surface area contributed by atoms with Crippen LogP contribution in [0.15, 0.2) is 42.0 Å². The molecular formula is C38H53F3N2O5S. The first-order valence-electron chi connectivity index (χ1n) is 17.8. The molecule has 7 nitrogen and oxygen atoms in total. The van der Waals surface area contributed by atoms with Gasteiger partial charge in [0.15, 0.2) is 5.78 Å². The lowest BCUT2D eigenvalue weighted by Crippen LogP contribution is -2.68. The van der Waals surface area contributed by atoms with Crippen molar-refractivity contribution in [3.63, 3.8) is 0 Å². The van der Waals surface area contributed by atoms with Gasteiger partial charge in [-0.25, -0.2) is 18.6 Å². The number of carbonyl (C=O) groups excluding carboxylic acids is 2. The lowest BCUT2D eigenvalue weighted by Gasteiger charge is -2.70. The van der Waals surface area contributed by atoms with Crippen LogP contribution in [0.25, 0.3) is 0 Å². The quantitative estimate of drug-likeness (QED) is 0.292. The first kappa shape index (κ1) is 36.5. The highest BCUT2D eigenvalue weighted by molar-refractivity contribution is 7.90. The molecule has 0 aliphatic heterocycles. The Hall–Kier alpha value is -2.24. The summed E-state index contributed by atoms with van der Waals surface area (Å²) >= 11 is 0. The second-order valence-corrected chi connectivity index (χ2v) is 19.6. The van der Waals surface area contributed by atoms with Crippen molar-refractivity contribution in [2.75, 3.05) is 0 Å². The van der Waals surface area contributed by atoms with Crippen molar-refractivity contribution in [1.29, 1.82) is 0 Å². The minimum absolute atomic E-state index is 0.0427. The van der Waals surface area contributed by atoms with Gasteiger partial charge in [0.1, 0.15) is 0 Å². The van der Waals surface area contributed by atoms with Gasteiger partial charge in [-0.15, -0.1) is 0 Å². The van der Waals surface area contributed by atoms with Crippen LogP contribution in [-0.2, 0) is 31.1 Å². The molecular weight excluding hydrogens is 653 g/mol. The van der Waals surface area contributed by atoms with E-state index < -0.39 is 43.2 Å². The molecule has 49 heavy (non-hydrogen) atoms. The van der Waals surface area contributed by atoms with Crippen LogP contribution in [-0.4, -0.2) is 31.7 Å². The molecule has 5 aliphatic rings. The molecule has 272 valence electrons. The van der Waals surface area contributed by atoms with E-state index in [4.69, 9.17) is 4.84 Å². The molecule has 9 atom stereocenters. The third-order valence-electron chi connectivity index (χ3n) is 15.0. The average molecular weight is 707 g/mol. The summed E-state index contributed by atoms with van der Waals surface area (Å²) in [6, 6.07) is 8.78. The average Bonchev–Trinajstić information content (AvgIpc) is 3.00. The predicted octanol–water partition coefficient (Wildman–Crippen LogP) is 8.02. The molecule has 2 N–H and O–H groups in total. The fourth-order valence-corrected chi connectivity index (χ4v) is 12.7. The van der Waals surface area contributed by atoms with Crippen molar-refractivity contribution >= 4 is 21.7 Å². The zero-order valence-corrected chi connectivity index (χ0v) is 30.7. The zero-order chi connectivity index (χ0) is 36.1. The highest BCUT2D eigenvalue weighted by Gasteiger charge is 2.70.